The SMILES string of the molecule is CCC(=O)Nc1ccccc1Nc1cc(N(C)C(=O)Nc2c(Cl)c(OC)cc(OC)c2Cl)ncn1. The average molecular weight is 519 g/mol. The van der Waals surface area contributed by atoms with E-state index in [1.165, 1.54) is 38.6 Å². The summed E-state index contributed by atoms with van der Waals surface area (Å²) >= 11 is 12.7. The molecule has 0 unspecified atom stereocenters. The molecule has 0 radical (unpaired) electrons. The Bertz CT molecular complexity index is 1210. The topological polar surface area (TPSA) is 118 Å². The van der Waals surface area contributed by atoms with E-state index in [1.807, 2.05) is 12.1 Å². The van der Waals surface area contributed by atoms with Crippen molar-refractivity contribution in [3.63, 3.8) is 0 Å². The minimum atomic E-state index is -0.565. The van der Waals surface area contributed by atoms with Gasteiger partial charge in [-0.1, -0.05) is 42.3 Å². The number of carbonyl (C=O) groups is 2. The zero-order chi connectivity index (χ0) is 25.5. The molecule has 184 valence electrons. The molecule has 1 heterocycles. The Morgan fingerprint density at radius 1 is 0.971 bits per heavy atom. The molecular weight excluding hydrogens is 495 g/mol. The van der Waals surface area contributed by atoms with Gasteiger partial charge in [0.15, 0.2) is 0 Å². The third-order valence-corrected chi connectivity index (χ3v) is 5.64. The third kappa shape index (κ3) is 6.03. The van der Waals surface area contributed by atoms with E-state index in [0.717, 1.165) is 0 Å². The number of hydrogen-bond acceptors (Lipinski definition) is 7. The molecule has 10 nitrogen and oxygen atoms in total. The third-order valence-electron chi connectivity index (χ3n) is 4.89. The van der Waals surface area contributed by atoms with E-state index in [4.69, 9.17) is 32.7 Å². The second kappa shape index (κ2) is 11.6. The first kappa shape index (κ1) is 25.9. The van der Waals surface area contributed by atoms with Crippen molar-refractivity contribution in [3.8, 4) is 11.5 Å². The Hall–Kier alpha value is -3.76. The van der Waals surface area contributed by atoms with E-state index in [1.54, 1.807) is 25.1 Å². The van der Waals surface area contributed by atoms with Gasteiger partial charge in [0.1, 0.15) is 39.5 Å². The van der Waals surface area contributed by atoms with Crippen molar-refractivity contribution in [1.82, 2.24) is 9.97 Å². The van der Waals surface area contributed by atoms with Crippen molar-refractivity contribution in [2.45, 2.75) is 13.3 Å². The summed E-state index contributed by atoms with van der Waals surface area (Å²) in [5.74, 6) is 1.15. The molecule has 3 aromatic rings. The lowest BCUT2D eigenvalue weighted by Crippen LogP contribution is -2.32. The van der Waals surface area contributed by atoms with Crippen molar-refractivity contribution < 1.29 is 19.1 Å². The molecule has 1 aromatic heterocycles. The molecule has 3 amide bonds. The highest BCUT2D eigenvalue weighted by molar-refractivity contribution is 6.41. The van der Waals surface area contributed by atoms with Gasteiger partial charge in [-0.15, -0.1) is 0 Å². The smallest absolute Gasteiger partial charge is 0.327 e. The van der Waals surface area contributed by atoms with E-state index in [2.05, 4.69) is 25.9 Å². The van der Waals surface area contributed by atoms with Crippen LogP contribution in [-0.2, 0) is 4.79 Å². The summed E-state index contributed by atoms with van der Waals surface area (Å²) in [6.45, 7) is 1.77. The van der Waals surface area contributed by atoms with Gasteiger partial charge < -0.3 is 25.4 Å². The lowest BCUT2D eigenvalue weighted by Gasteiger charge is -2.20. The van der Waals surface area contributed by atoms with Gasteiger partial charge in [-0.25, -0.2) is 14.8 Å². The fourth-order valence-electron chi connectivity index (χ4n) is 2.97. The second-order valence-corrected chi connectivity index (χ2v) is 7.86. The minimum absolute atomic E-state index is 0.120. The zero-order valence-corrected chi connectivity index (χ0v) is 21.0. The van der Waals surface area contributed by atoms with Crippen molar-refractivity contribution in [2.24, 2.45) is 0 Å². The molecule has 0 fully saturated rings. The largest absolute Gasteiger partial charge is 0.495 e. The first-order valence-corrected chi connectivity index (χ1v) is 11.2. The highest BCUT2D eigenvalue weighted by Crippen LogP contribution is 2.44. The van der Waals surface area contributed by atoms with Gasteiger partial charge in [-0.3, -0.25) is 9.69 Å². The number of anilines is 5. The highest BCUT2D eigenvalue weighted by Gasteiger charge is 2.22. The Balaban J connectivity index is 1.82. The summed E-state index contributed by atoms with van der Waals surface area (Å²) in [6.07, 6.45) is 1.66. The van der Waals surface area contributed by atoms with Crippen LogP contribution in [0.1, 0.15) is 13.3 Å². The molecule has 0 atom stereocenters. The Labute approximate surface area is 212 Å². The lowest BCUT2D eigenvalue weighted by molar-refractivity contribution is -0.115. The molecule has 0 aliphatic heterocycles. The first-order valence-electron chi connectivity index (χ1n) is 10.4. The van der Waals surface area contributed by atoms with Crippen molar-refractivity contribution >= 4 is 63.8 Å². The molecule has 0 spiro atoms. The Morgan fingerprint density at radius 2 is 1.60 bits per heavy atom. The number of aromatic nitrogens is 2. The predicted molar refractivity (Wildman–Crippen MR) is 138 cm³/mol. The van der Waals surface area contributed by atoms with Crippen LogP contribution >= 0.6 is 23.2 Å². The minimum Gasteiger partial charge on any atom is -0.495 e. The zero-order valence-electron chi connectivity index (χ0n) is 19.5. The summed E-state index contributed by atoms with van der Waals surface area (Å²) < 4.78 is 10.5. The number of urea groups is 1. The van der Waals surface area contributed by atoms with Crippen molar-refractivity contribution in [2.75, 3.05) is 42.1 Å². The van der Waals surface area contributed by atoms with Gasteiger partial charge in [-0.2, -0.15) is 0 Å². The number of methoxy groups -OCH3 is 2. The van der Waals surface area contributed by atoms with Gasteiger partial charge in [-0.05, 0) is 12.1 Å². The maximum atomic E-state index is 13.0. The molecular formula is C23H24Cl2N6O4. The summed E-state index contributed by atoms with van der Waals surface area (Å²) in [5, 5.41) is 8.87. The number of halogens is 2. The number of hydrogen-bond donors (Lipinski definition) is 3. The Kier molecular flexibility index (Phi) is 8.56. The number of rotatable bonds is 8. The molecule has 2 aromatic carbocycles. The monoisotopic (exact) mass is 518 g/mol. The lowest BCUT2D eigenvalue weighted by atomic mass is 10.2. The summed E-state index contributed by atoms with van der Waals surface area (Å²) in [7, 11) is 4.40. The van der Waals surface area contributed by atoms with Crippen molar-refractivity contribution in [1.29, 1.82) is 0 Å². The number of nitrogens with one attached hydrogen (secondary N) is 3. The van der Waals surface area contributed by atoms with E-state index >= 15 is 0 Å². The fraction of sp³-hybridized carbons (Fsp3) is 0.217. The van der Waals surface area contributed by atoms with Gasteiger partial charge in [0.2, 0.25) is 5.91 Å². The molecule has 0 aliphatic carbocycles. The summed E-state index contributed by atoms with van der Waals surface area (Å²) in [6, 6.07) is 9.73. The molecule has 12 heteroatoms. The van der Waals surface area contributed by atoms with Crippen LogP contribution in [0.4, 0.5) is 33.5 Å². The van der Waals surface area contributed by atoms with Crippen LogP contribution in [0, 0.1) is 0 Å². The van der Waals surface area contributed by atoms with E-state index in [0.29, 0.717) is 23.6 Å². The van der Waals surface area contributed by atoms with E-state index in [-0.39, 0.29) is 39.0 Å². The van der Waals surface area contributed by atoms with Gasteiger partial charge >= 0.3 is 6.03 Å². The molecule has 0 bridgehead atoms. The number of nitrogens with zero attached hydrogens (tertiary/aromatic N) is 3. The van der Waals surface area contributed by atoms with E-state index in [9.17, 15) is 9.59 Å². The maximum Gasteiger partial charge on any atom is 0.327 e. The van der Waals surface area contributed by atoms with Crippen LogP contribution in [-0.4, -0.2) is 43.2 Å². The average Bonchev–Trinajstić information content (AvgIpc) is 2.87. The normalized spacial score (nSPS) is 10.3. The van der Waals surface area contributed by atoms with Crippen LogP contribution in [0.25, 0.3) is 0 Å². The van der Waals surface area contributed by atoms with Gasteiger partial charge in [0.25, 0.3) is 0 Å². The summed E-state index contributed by atoms with van der Waals surface area (Å²) in [5.41, 5.74) is 1.37. The quantitative estimate of drug-likeness (QED) is 0.357. The molecule has 35 heavy (non-hydrogen) atoms. The van der Waals surface area contributed by atoms with Crippen LogP contribution in [0.3, 0.4) is 0 Å². The maximum absolute atomic E-state index is 13.0. The number of carbonyl (C=O) groups excluding carboxylic acids is 2. The molecule has 0 aliphatic rings. The molecule has 0 saturated heterocycles. The highest BCUT2D eigenvalue weighted by atomic mass is 35.5. The van der Waals surface area contributed by atoms with Crippen LogP contribution in [0.5, 0.6) is 11.5 Å². The number of para-hydroxylation sites is 2. The number of ether oxygens (including phenoxy) is 2. The van der Waals surface area contributed by atoms with Crippen LogP contribution in [0.15, 0.2) is 42.7 Å². The van der Waals surface area contributed by atoms with Crippen LogP contribution < -0.4 is 30.3 Å². The summed E-state index contributed by atoms with van der Waals surface area (Å²) in [4.78, 5) is 34.4. The molecule has 3 N–H and O–H groups in total. The van der Waals surface area contributed by atoms with Crippen molar-refractivity contribution in [3.05, 3.63) is 52.8 Å². The first-order chi connectivity index (χ1) is 16.8. The number of benzene rings is 2. The molecule has 3 rings (SSSR count). The Morgan fingerprint density at radius 3 is 2.20 bits per heavy atom. The van der Waals surface area contributed by atoms with Gasteiger partial charge in [0, 0.05) is 25.6 Å². The number of amides is 3. The predicted octanol–water partition coefficient (Wildman–Crippen LogP) is 5.56. The molecule has 0 saturated carbocycles. The second-order valence-electron chi connectivity index (χ2n) is 7.11. The van der Waals surface area contributed by atoms with E-state index < -0.39 is 6.03 Å². The van der Waals surface area contributed by atoms with Gasteiger partial charge in [0.05, 0.1) is 31.3 Å². The van der Waals surface area contributed by atoms with Crippen LogP contribution in [0.2, 0.25) is 10.0 Å². The standard InChI is InChI=1S/C23H24Cl2N6O4/c1-5-19(32)29-14-9-7-6-8-13(14)28-17-11-18(27-12-26-17)31(2)23(33)30-22-20(24)15(34-3)10-16(35-4)21(22)25/h6-12H,5H2,1-4H3,(H,29,32)(H,30,33)(H,26,27,28). The fourth-order valence-corrected chi connectivity index (χ4v) is 3.56.